The monoisotopic (exact) mass is 362 g/mol. The fraction of sp³-hybridized carbons (Fsp3) is 0.273. The molecule has 0 atom stereocenters. The molecule has 0 N–H and O–H groups in total. The topological polar surface area (TPSA) is 34.4 Å². The lowest BCUT2D eigenvalue weighted by Gasteiger charge is -2.18. The van der Waals surface area contributed by atoms with Gasteiger partial charge in [-0.15, -0.1) is 0 Å². The lowest BCUT2D eigenvalue weighted by Crippen LogP contribution is -2.22. The van der Waals surface area contributed by atoms with Crippen molar-refractivity contribution >= 4 is 33.4 Å². The number of rotatable bonds is 1. The Hall–Kier alpha value is -2.46. The molecule has 132 valence electrons. The molecule has 0 amide bonds. The molecule has 2 aromatic carbocycles. The average Bonchev–Trinajstić information content (AvgIpc) is 3.05. The summed E-state index contributed by atoms with van der Waals surface area (Å²) in [6, 6.07) is 12.6. The van der Waals surface area contributed by atoms with Crippen LogP contribution >= 0.6 is 11.3 Å². The Morgan fingerprint density at radius 1 is 1.08 bits per heavy atom. The maximum atomic E-state index is 13.0. The van der Waals surface area contributed by atoms with E-state index < -0.39 is 0 Å². The van der Waals surface area contributed by atoms with Gasteiger partial charge in [0.1, 0.15) is 0 Å². The van der Waals surface area contributed by atoms with Crippen LogP contribution in [-0.4, -0.2) is 9.38 Å². The summed E-state index contributed by atoms with van der Waals surface area (Å²) in [6.45, 7) is 10.7. The summed E-state index contributed by atoms with van der Waals surface area (Å²) in [6.07, 6.45) is 1.96. The van der Waals surface area contributed by atoms with Crippen LogP contribution in [-0.2, 0) is 5.41 Å². The molecule has 4 rings (SSSR count). The fourth-order valence-corrected chi connectivity index (χ4v) is 4.32. The first kappa shape index (κ1) is 17.0. The third-order valence-electron chi connectivity index (χ3n) is 4.75. The molecule has 0 saturated carbocycles. The number of benzene rings is 2. The highest BCUT2D eigenvalue weighted by Gasteiger charge is 2.14. The molecule has 4 heteroatoms. The molecule has 4 aromatic rings. The van der Waals surface area contributed by atoms with E-state index in [9.17, 15) is 4.79 Å². The first-order valence-corrected chi connectivity index (χ1v) is 9.60. The Kier molecular flexibility index (Phi) is 3.77. The lowest BCUT2D eigenvalue weighted by molar-refractivity contribution is 0.590. The quantitative estimate of drug-likeness (QED) is 0.504. The standard InChI is InChI=1S/C22H22N2OS/c1-13-10-14(2)19-17(11-13)24-20(25)18(26-21(24)23-19)12-15-6-8-16(9-7-15)22(3,4)5/h6-12H,1-5H3. The molecule has 0 radical (unpaired) electrons. The number of aromatic nitrogens is 2. The van der Waals surface area contributed by atoms with Gasteiger partial charge in [-0.3, -0.25) is 4.79 Å². The van der Waals surface area contributed by atoms with E-state index in [1.54, 1.807) is 4.40 Å². The summed E-state index contributed by atoms with van der Waals surface area (Å²) in [7, 11) is 0. The van der Waals surface area contributed by atoms with E-state index in [4.69, 9.17) is 0 Å². The molecule has 3 nitrogen and oxygen atoms in total. The van der Waals surface area contributed by atoms with Crippen LogP contribution in [0.3, 0.4) is 0 Å². The smallest absolute Gasteiger partial charge is 0.267 e. The minimum atomic E-state index is 0.0115. The molecule has 0 unspecified atom stereocenters. The molecule has 0 aliphatic heterocycles. The van der Waals surface area contributed by atoms with E-state index in [0.717, 1.165) is 37.2 Å². The van der Waals surface area contributed by atoms with Crippen molar-refractivity contribution in [1.29, 1.82) is 0 Å². The molecule has 0 aliphatic carbocycles. The van der Waals surface area contributed by atoms with Gasteiger partial charge in [0.25, 0.3) is 5.56 Å². The van der Waals surface area contributed by atoms with Crippen LogP contribution in [0.15, 0.2) is 41.2 Å². The number of hydrogen-bond acceptors (Lipinski definition) is 3. The Morgan fingerprint density at radius 3 is 2.42 bits per heavy atom. The summed E-state index contributed by atoms with van der Waals surface area (Å²) in [5.41, 5.74) is 6.54. The van der Waals surface area contributed by atoms with Crippen LogP contribution in [0.25, 0.3) is 22.1 Å². The van der Waals surface area contributed by atoms with E-state index in [1.165, 1.54) is 16.9 Å². The minimum Gasteiger partial charge on any atom is -0.267 e. The zero-order valence-corrected chi connectivity index (χ0v) is 16.6. The minimum absolute atomic E-state index is 0.0115. The first-order valence-electron chi connectivity index (χ1n) is 8.78. The van der Waals surface area contributed by atoms with Crippen LogP contribution in [0.4, 0.5) is 0 Å². The Bertz CT molecular complexity index is 1240. The Labute approximate surface area is 156 Å². The van der Waals surface area contributed by atoms with Crippen LogP contribution in [0, 0.1) is 13.8 Å². The molecular formula is C22H22N2OS. The number of hydrogen-bond donors (Lipinski definition) is 0. The van der Waals surface area contributed by atoms with Gasteiger partial charge in [-0.1, -0.05) is 62.4 Å². The molecule has 2 aromatic heterocycles. The second-order valence-corrected chi connectivity index (χ2v) is 8.98. The lowest BCUT2D eigenvalue weighted by atomic mass is 9.87. The Morgan fingerprint density at radius 2 is 1.77 bits per heavy atom. The van der Waals surface area contributed by atoms with Crippen LogP contribution < -0.4 is 10.1 Å². The molecule has 0 bridgehead atoms. The van der Waals surface area contributed by atoms with Crippen molar-refractivity contribution in [3.05, 3.63) is 73.5 Å². The van der Waals surface area contributed by atoms with Crippen LogP contribution in [0.5, 0.6) is 0 Å². The zero-order chi connectivity index (χ0) is 18.6. The van der Waals surface area contributed by atoms with Gasteiger partial charge < -0.3 is 0 Å². The Balaban J connectivity index is 1.89. The second-order valence-electron chi connectivity index (χ2n) is 7.97. The molecular weight excluding hydrogens is 340 g/mol. The van der Waals surface area contributed by atoms with E-state index in [0.29, 0.717) is 0 Å². The van der Waals surface area contributed by atoms with Gasteiger partial charge in [0.2, 0.25) is 0 Å². The van der Waals surface area contributed by atoms with Crippen molar-refractivity contribution in [3.8, 4) is 0 Å². The van der Waals surface area contributed by atoms with Crippen molar-refractivity contribution in [3.63, 3.8) is 0 Å². The number of aryl methyl sites for hydroxylation is 2. The fourth-order valence-electron chi connectivity index (χ4n) is 3.34. The zero-order valence-electron chi connectivity index (χ0n) is 15.8. The maximum absolute atomic E-state index is 13.0. The highest BCUT2D eigenvalue weighted by molar-refractivity contribution is 7.15. The van der Waals surface area contributed by atoms with E-state index >= 15 is 0 Å². The van der Waals surface area contributed by atoms with Gasteiger partial charge in [0, 0.05) is 0 Å². The molecule has 0 aliphatic rings. The van der Waals surface area contributed by atoms with Crippen molar-refractivity contribution in [1.82, 2.24) is 9.38 Å². The number of thiazole rings is 1. The van der Waals surface area contributed by atoms with E-state index in [-0.39, 0.29) is 11.0 Å². The van der Waals surface area contributed by atoms with Gasteiger partial charge in [0.15, 0.2) is 4.96 Å². The number of imidazole rings is 1. The van der Waals surface area contributed by atoms with Crippen molar-refractivity contribution in [2.24, 2.45) is 0 Å². The summed E-state index contributed by atoms with van der Waals surface area (Å²) < 4.78 is 2.46. The summed E-state index contributed by atoms with van der Waals surface area (Å²) in [5, 5.41) is 0. The van der Waals surface area contributed by atoms with Crippen molar-refractivity contribution in [2.45, 2.75) is 40.0 Å². The third kappa shape index (κ3) is 2.74. The summed E-state index contributed by atoms with van der Waals surface area (Å²) in [4.78, 5) is 18.4. The predicted molar refractivity (Wildman–Crippen MR) is 110 cm³/mol. The predicted octanol–water partition coefficient (Wildman–Crippen LogP) is 4.37. The van der Waals surface area contributed by atoms with Gasteiger partial charge in [-0.05, 0) is 53.7 Å². The SMILES string of the molecule is Cc1cc(C)c2nc3sc(=Cc4ccc(C(C)(C)C)cc4)c(=O)n3c2c1. The second kappa shape index (κ2) is 5.78. The number of fused-ring (bicyclic) bond motifs is 3. The van der Waals surface area contributed by atoms with Crippen LogP contribution in [0.1, 0.15) is 43.0 Å². The number of nitrogens with zero attached hydrogens (tertiary/aromatic N) is 2. The van der Waals surface area contributed by atoms with E-state index in [1.807, 2.05) is 26.0 Å². The molecule has 2 heterocycles. The van der Waals surface area contributed by atoms with Gasteiger partial charge in [-0.2, -0.15) is 0 Å². The molecule has 0 fully saturated rings. The van der Waals surface area contributed by atoms with Gasteiger partial charge >= 0.3 is 0 Å². The third-order valence-corrected chi connectivity index (χ3v) is 5.72. The summed E-state index contributed by atoms with van der Waals surface area (Å²) in [5.74, 6) is 0. The first-order chi connectivity index (χ1) is 12.2. The van der Waals surface area contributed by atoms with Crippen molar-refractivity contribution < 1.29 is 0 Å². The maximum Gasteiger partial charge on any atom is 0.274 e. The van der Waals surface area contributed by atoms with Gasteiger partial charge in [0.05, 0.1) is 15.6 Å². The largest absolute Gasteiger partial charge is 0.274 e. The van der Waals surface area contributed by atoms with Crippen molar-refractivity contribution in [2.75, 3.05) is 0 Å². The summed E-state index contributed by atoms with van der Waals surface area (Å²) >= 11 is 1.45. The molecule has 0 spiro atoms. The average molecular weight is 362 g/mol. The van der Waals surface area contributed by atoms with E-state index in [2.05, 4.69) is 56.1 Å². The van der Waals surface area contributed by atoms with Gasteiger partial charge in [-0.25, -0.2) is 9.38 Å². The normalized spacial score (nSPS) is 13.2. The van der Waals surface area contributed by atoms with Crippen LogP contribution in [0.2, 0.25) is 0 Å². The highest BCUT2D eigenvalue weighted by Crippen LogP contribution is 2.23. The molecule has 0 saturated heterocycles. The molecule has 26 heavy (non-hydrogen) atoms. The highest BCUT2D eigenvalue weighted by atomic mass is 32.1.